The van der Waals surface area contributed by atoms with Crippen LogP contribution in [0.25, 0.3) is 0 Å². The van der Waals surface area contributed by atoms with E-state index < -0.39 is 17.4 Å². The van der Waals surface area contributed by atoms with Gasteiger partial charge in [-0.1, -0.05) is 6.92 Å². The molecule has 1 rings (SSSR count). The first kappa shape index (κ1) is 13.0. The number of carbonyl (C=O) groups excluding carboxylic acids is 2. The lowest BCUT2D eigenvalue weighted by Crippen LogP contribution is -2.51. The molecule has 5 nitrogen and oxygen atoms in total. The van der Waals surface area contributed by atoms with Gasteiger partial charge in [0.2, 0.25) is 11.8 Å². The molecule has 0 aromatic carbocycles. The van der Waals surface area contributed by atoms with Crippen LogP contribution in [0.2, 0.25) is 0 Å². The van der Waals surface area contributed by atoms with E-state index in [0.29, 0.717) is 25.9 Å². The Morgan fingerprint density at radius 1 is 1.50 bits per heavy atom. The van der Waals surface area contributed by atoms with Gasteiger partial charge in [-0.05, 0) is 26.2 Å². The molecule has 0 aliphatic carbocycles. The molecule has 2 amide bonds. The summed E-state index contributed by atoms with van der Waals surface area (Å²) < 4.78 is 0. The SMILES string of the molecule is CCC(C)(CN)C(=O)N1CCCC1C(N)=O. The summed E-state index contributed by atoms with van der Waals surface area (Å²) in [6.07, 6.45) is 2.18. The van der Waals surface area contributed by atoms with Gasteiger partial charge in [-0.2, -0.15) is 0 Å². The summed E-state index contributed by atoms with van der Waals surface area (Å²) in [5, 5.41) is 0. The number of nitrogens with two attached hydrogens (primary N) is 2. The van der Waals surface area contributed by atoms with Gasteiger partial charge >= 0.3 is 0 Å². The molecule has 5 heteroatoms. The van der Waals surface area contributed by atoms with Gasteiger partial charge in [0.05, 0.1) is 5.41 Å². The fourth-order valence-corrected chi connectivity index (χ4v) is 2.04. The number of carbonyl (C=O) groups is 2. The Kier molecular flexibility index (Phi) is 3.91. The minimum absolute atomic E-state index is 0.0428. The quantitative estimate of drug-likeness (QED) is 0.699. The van der Waals surface area contributed by atoms with E-state index in [2.05, 4.69) is 0 Å². The molecular formula is C11H21N3O2. The third kappa shape index (κ3) is 2.19. The molecule has 2 atom stereocenters. The van der Waals surface area contributed by atoms with Crippen molar-refractivity contribution in [1.82, 2.24) is 4.90 Å². The van der Waals surface area contributed by atoms with Crippen LogP contribution in [0.4, 0.5) is 0 Å². The van der Waals surface area contributed by atoms with E-state index >= 15 is 0 Å². The highest BCUT2D eigenvalue weighted by atomic mass is 16.2. The average molecular weight is 227 g/mol. The second-order valence-corrected chi connectivity index (χ2v) is 4.68. The number of hydrogen-bond acceptors (Lipinski definition) is 3. The fraction of sp³-hybridized carbons (Fsp3) is 0.818. The van der Waals surface area contributed by atoms with Gasteiger partial charge in [-0.15, -0.1) is 0 Å². The zero-order valence-electron chi connectivity index (χ0n) is 10.0. The molecule has 2 unspecified atom stereocenters. The number of primary amides is 1. The van der Waals surface area contributed by atoms with Gasteiger partial charge in [0.1, 0.15) is 6.04 Å². The van der Waals surface area contributed by atoms with Crippen LogP contribution >= 0.6 is 0 Å². The van der Waals surface area contributed by atoms with Crippen LogP contribution in [0, 0.1) is 5.41 Å². The number of hydrogen-bond donors (Lipinski definition) is 2. The fourth-order valence-electron chi connectivity index (χ4n) is 2.04. The first-order valence-corrected chi connectivity index (χ1v) is 5.76. The zero-order chi connectivity index (χ0) is 12.3. The first-order chi connectivity index (χ1) is 7.46. The predicted molar refractivity (Wildman–Crippen MR) is 61.4 cm³/mol. The Hall–Kier alpha value is -1.10. The average Bonchev–Trinajstić information content (AvgIpc) is 2.75. The van der Waals surface area contributed by atoms with Crippen molar-refractivity contribution in [2.45, 2.75) is 39.2 Å². The Morgan fingerprint density at radius 3 is 2.56 bits per heavy atom. The lowest BCUT2D eigenvalue weighted by atomic mass is 9.86. The third-order valence-electron chi connectivity index (χ3n) is 3.59. The Bertz CT molecular complexity index is 287. The number of likely N-dealkylation sites (tertiary alicyclic amines) is 1. The van der Waals surface area contributed by atoms with Crippen molar-refractivity contribution in [1.29, 1.82) is 0 Å². The second-order valence-electron chi connectivity index (χ2n) is 4.68. The van der Waals surface area contributed by atoms with Crippen LogP contribution in [0.5, 0.6) is 0 Å². The van der Waals surface area contributed by atoms with Gasteiger partial charge < -0.3 is 16.4 Å². The second kappa shape index (κ2) is 4.82. The zero-order valence-corrected chi connectivity index (χ0v) is 10.0. The van der Waals surface area contributed by atoms with E-state index in [1.807, 2.05) is 13.8 Å². The number of rotatable bonds is 4. The van der Waals surface area contributed by atoms with Crippen LogP contribution in [0.3, 0.4) is 0 Å². The molecule has 4 N–H and O–H groups in total. The minimum atomic E-state index is -0.571. The summed E-state index contributed by atoms with van der Waals surface area (Å²) in [6.45, 7) is 4.68. The molecule has 92 valence electrons. The van der Waals surface area contributed by atoms with Crippen molar-refractivity contribution < 1.29 is 9.59 Å². The highest BCUT2D eigenvalue weighted by molar-refractivity contribution is 5.89. The van der Waals surface area contributed by atoms with Crippen molar-refractivity contribution in [2.75, 3.05) is 13.1 Å². The molecule has 0 spiro atoms. The van der Waals surface area contributed by atoms with Crippen LogP contribution in [-0.2, 0) is 9.59 Å². The summed E-state index contributed by atoms with van der Waals surface area (Å²) in [4.78, 5) is 25.1. The highest BCUT2D eigenvalue weighted by Gasteiger charge is 2.40. The summed E-state index contributed by atoms with van der Waals surface area (Å²) in [5.74, 6) is -0.458. The van der Waals surface area contributed by atoms with E-state index in [9.17, 15) is 9.59 Å². The van der Waals surface area contributed by atoms with Crippen LogP contribution < -0.4 is 11.5 Å². The van der Waals surface area contributed by atoms with Gasteiger partial charge in [-0.25, -0.2) is 0 Å². The molecule has 0 radical (unpaired) electrons. The molecule has 1 fully saturated rings. The Morgan fingerprint density at radius 2 is 2.12 bits per heavy atom. The van der Waals surface area contributed by atoms with Gasteiger partial charge in [0.15, 0.2) is 0 Å². The summed E-state index contributed by atoms with van der Waals surface area (Å²) in [7, 11) is 0. The largest absolute Gasteiger partial charge is 0.368 e. The highest BCUT2D eigenvalue weighted by Crippen LogP contribution is 2.27. The lowest BCUT2D eigenvalue weighted by molar-refractivity contribution is -0.145. The Balaban J connectivity index is 2.84. The third-order valence-corrected chi connectivity index (χ3v) is 3.59. The molecule has 0 bridgehead atoms. The summed E-state index contributed by atoms with van der Waals surface area (Å²) >= 11 is 0. The van der Waals surface area contributed by atoms with Gasteiger partial charge in [0, 0.05) is 13.1 Å². The molecule has 1 heterocycles. The monoisotopic (exact) mass is 227 g/mol. The molecule has 1 aliphatic heterocycles. The maximum Gasteiger partial charge on any atom is 0.240 e. The molecule has 0 aromatic rings. The van der Waals surface area contributed by atoms with Gasteiger partial charge in [-0.3, -0.25) is 9.59 Å². The molecule has 1 aliphatic rings. The van der Waals surface area contributed by atoms with E-state index in [1.54, 1.807) is 4.90 Å². The molecular weight excluding hydrogens is 206 g/mol. The summed E-state index contributed by atoms with van der Waals surface area (Å²) in [5.41, 5.74) is 10.4. The number of amides is 2. The Labute approximate surface area is 96.1 Å². The smallest absolute Gasteiger partial charge is 0.240 e. The van der Waals surface area contributed by atoms with E-state index in [4.69, 9.17) is 11.5 Å². The molecule has 1 saturated heterocycles. The van der Waals surface area contributed by atoms with Crippen molar-refractivity contribution in [3.8, 4) is 0 Å². The number of nitrogens with zero attached hydrogens (tertiary/aromatic N) is 1. The molecule has 0 aromatic heterocycles. The van der Waals surface area contributed by atoms with Crippen molar-refractivity contribution in [3.05, 3.63) is 0 Å². The van der Waals surface area contributed by atoms with Gasteiger partial charge in [0.25, 0.3) is 0 Å². The van der Waals surface area contributed by atoms with Crippen molar-refractivity contribution in [2.24, 2.45) is 16.9 Å². The van der Waals surface area contributed by atoms with Crippen molar-refractivity contribution >= 4 is 11.8 Å². The van der Waals surface area contributed by atoms with Crippen LogP contribution in [0.15, 0.2) is 0 Å². The van der Waals surface area contributed by atoms with Crippen molar-refractivity contribution in [3.63, 3.8) is 0 Å². The maximum atomic E-state index is 12.3. The lowest BCUT2D eigenvalue weighted by Gasteiger charge is -2.33. The maximum absolute atomic E-state index is 12.3. The predicted octanol–water partition coefficient (Wildman–Crippen LogP) is -0.162. The molecule has 0 saturated carbocycles. The van der Waals surface area contributed by atoms with Crippen LogP contribution in [-0.4, -0.2) is 35.8 Å². The minimum Gasteiger partial charge on any atom is -0.368 e. The standard InChI is InChI=1S/C11H21N3O2/c1-3-11(2,7-12)10(16)14-6-4-5-8(14)9(13)15/h8H,3-7,12H2,1-2H3,(H2,13,15). The normalized spacial score (nSPS) is 24.2. The topological polar surface area (TPSA) is 89.4 Å². The molecule has 16 heavy (non-hydrogen) atoms. The van der Waals surface area contributed by atoms with E-state index in [1.165, 1.54) is 0 Å². The van der Waals surface area contributed by atoms with E-state index in [0.717, 1.165) is 6.42 Å². The summed E-state index contributed by atoms with van der Waals surface area (Å²) in [6, 6.07) is -0.440. The van der Waals surface area contributed by atoms with Crippen LogP contribution in [0.1, 0.15) is 33.1 Å². The first-order valence-electron chi connectivity index (χ1n) is 5.76. The van der Waals surface area contributed by atoms with E-state index in [-0.39, 0.29) is 5.91 Å².